The number of sulfonamides is 1. The summed E-state index contributed by atoms with van der Waals surface area (Å²) in [6.07, 6.45) is 0. The second-order valence-corrected chi connectivity index (χ2v) is 11.1. The highest BCUT2D eigenvalue weighted by Gasteiger charge is 2.40. The fraction of sp³-hybridized carbons (Fsp3) is 0.261. The first-order chi connectivity index (χ1) is 15.0. The lowest BCUT2D eigenvalue weighted by Gasteiger charge is -2.34. The number of carbonyl (C=O) groups excluding carboxylic acids is 1. The molecule has 0 aromatic heterocycles. The summed E-state index contributed by atoms with van der Waals surface area (Å²) in [5.41, 5.74) is -0.105. The third kappa shape index (κ3) is 4.20. The second-order valence-electron chi connectivity index (χ2n) is 8.38. The van der Waals surface area contributed by atoms with Crippen molar-refractivity contribution < 1.29 is 23.1 Å². The van der Waals surface area contributed by atoms with Gasteiger partial charge in [0.05, 0.1) is 17.8 Å². The zero-order chi connectivity index (χ0) is 23.3. The highest BCUT2D eigenvalue weighted by Crippen LogP contribution is 2.37. The Labute approximate surface area is 195 Å². The molecule has 0 atom stereocenters. The normalized spacial score (nSPS) is 15.7. The third-order valence-electron chi connectivity index (χ3n) is 5.17. The fourth-order valence-electron chi connectivity index (χ4n) is 3.53. The molecule has 7 nitrogen and oxygen atoms in total. The van der Waals surface area contributed by atoms with E-state index in [-0.39, 0.29) is 23.7 Å². The van der Waals surface area contributed by atoms with Crippen molar-refractivity contribution in [3.05, 3.63) is 64.6 Å². The van der Waals surface area contributed by atoms with Crippen molar-refractivity contribution in [2.75, 3.05) is 18.6 Å². The maximum absolute atomic E-state index is 13.3. The summed E-state index contributed by atoms with van der Waals surface area (Å²) >= 11 is 3.51. The molecule has 0 bridgehead atoms. The van der Waals surface area contributed by atoms with Crippen LogP contribution in [0, 0.1) is 0 Å². The minimum absolute atomic E-state index is 0.0266. The largest absolute Gasteiger partial charge is 0.491 e. The number of halogens is 1. The molecular formula is C23H23BrN2O5S. The van der Waals surface area contributed by atoms with Crippen LogP contribution in [-0.2, 0) is 16.6 Å². The van der Waals surface area contributed by atoms with Gasteiger partial charge in [0.1, 0.15) is 17.3 Å². The minimum Gasteiger partial charge on any atom is -0.491 e. The van der Waals surface area contributed by atoms with Gasteiger partial charge in [0.2, 0.25) is 0 Å². The highest BCUT2D eigenvalue weighted by molar-refractivity contribution is 9.10. The second kappa shape index (κ2) is 8.06. The van der Waals surface area contributed by atoms with Crippen molar-refractivity contribution in [1.82, 2.24) is 4.31 Å². The number of nitrogens with zero attached hydrogens (tertiary/aromatic N) is 2. The van der Waals surface area contributed by atoms with Gasteiger partial charge in [-0.15, -0.1) is 0 Å². The molecule has 0 saturated heterocycles. The molecule has 1 N–H and O–H groups in total. The summed E-state index contributed by atoms with van der Waals surface area (Å²) in [4.78, 5) is 14.4. The summed E-state index contributed by atoms with van der Waals surface area (Å²) in [7, 11) is -2.53. The van der Waals surface area contributed by atoms with Gasteiger partial charge >= 0.3 is 6.03 Å². The molecular weight excluding hydrogens is 496 g/mol. The predicted molar refractivity (Wildman–Crippen MR) is 126 cm³/mol. The van der Waals surface area contributed by atoms with Crippen molar-refractivity contribution in [2.45, 2.75) is 30.9 Å². The van der Waals surface area contributed by atoms with E-state index < -0.39 is 21.7 Å². The van der Waals surface area contributed by atoms with Gasteiger partial charge in [0.25, 0.3) is 10.0 Å². The van der Waals surface area contributed by atoms with Crippen molar-refractivity contribution in [2.24, 2.45) is 0 Å². The van der Waals surface area contributed by atoms with Crippen LogP contribution in [0.1, 0.15) is 19.4 Å². The highest BCUT2D eigenvalue weighted by atomic mass is 79.9. The number of fused-ring (bicyclic) bond motifs is 2. The molecule has 0 radical (unpaired) electrons. The van der Waals surface area contributed by atoms with Gasteiger partial charge in [0.15, 0.2) is 0 Å². The van der Waals surface area contributed by atoms with Gasteiger partial charge in [-0.25, -0.2) is 17.5 Å². The molecule has 32 heavy (non-hydrogen) atoms. The lowest BCUT2D eigenvalue weighted by molar-refractivity contribution is 0.0285. The zero-order valence-corrected chi connectivity index (χ0v) is 20.3. The molecule has 1 aliphatic rings. The number of hydrogen-bond acceptors (Lipinski definition) is 5. The molecule has 0 unspecified atom stereocenters. The lowest BCUT2D eigenvalue weighted by Crippen LogP contribution is -2.48. The van der Waals surface area contributed by atoms with E-state index in [9.17, 15) is 18.3 Å². The van der Waals surface area contributed by atoms with Crippen molar-refractivity contribution in [3.63, 3.8) is 0 Å². The van der Waals surface area contributed by atoms with E-state index in [4.69, 9.17) is 4.74 Å². The number of aliphatic hydroxyl groups is 1. The Morgan fingerprint density at radius 1 is 1.09 bits per heavy atom. The molecule has 0 spiro atoms. The number of ether oxygens (including phenoxy) is 1. The van der Waals surface area contributed by atoms with E-state index in [0.29, 0.717) is 11.3 Å². The Hall–Kier alpha value is -2.62. The third-order valence-corrected chi connectivity index (χ3v) is 7.63. The van der Waals surface area contributed by atoms with Crippen LogP contribution < -0.4 is 9.64 Å². The fourth-order valence-corrected chi connectivity index (χ4v) is 5.63. The number of benzene rings is 3. The number of carbonyl (C=O) groups is 1. The van der Waals surface area contributed by atoms with Crippen LogP contribution in [0.25, 0.3) is 10.8 Å². The van der Waals surface area contributed by atoms with Gasteiger partial charge in [0, 0.05) is 17.6 Å². The van der Waals surface area contributed by atoms with Crippen LogP contribution >= 0.6 is 15.9 Å². The molecule has 168 valence electrons. The molecule has 1 heterocycles. The Balaban J connectivity index is 1.67. The van der Waals surface area contributed by atoms with Crippen LogP contribution in [0.3, 0.4) is 0 Å². The van der Waals surface area contributed by atoms with Crippen molar-refractivity contribution in [1.29, 1.82) is 0 Å². The van der Waals surface area contributed by atoms with Crippen molar-refractivity contribution in [3.8, 4) is 5.75 Å². The number of rotatable bonds is 5. The first-order valence-electron chi connectivity index (χ1n) is 9.94. The maximum Gasteiger partial charge on any atom is 0.338 e. The summed E-state index contributed by atoms with van der Waals surface area (Å²) in [6.45, 7) is 3.16. The molecule has 4 rings (SSSR count). The van der Waals surface area contributed by atoms with Crippen LogP contribution in [0.4, 0.5) is 10.5 Å². The molecule has 3 aromatic rings. The van der Waals surface area contributed by atoms with Crippen LogP contribution in [0.2, 0.25) is 0 Å². The van der Waals surface area contributed by atoms with Gasteiger partial charge in [-0.2, -0.15) is 0 Å². The smallest absolute Gasteiger partial charge is 0.338 e. The van der Waals surface area contributed by atoms with Gasteiger partial charge in [-0.1, -0.05) is 40.2 Å². The van der Waals surface area contributed by atoms with E-state index in [1.807, 2.05) is 36.4 Å². The predicted octanol–water partition coefficient (Wildman–Crippen LogP) is 4.51. The molecule has 2 amide bonds. The summed E-state index contributed by atoms with van der Waals surface area (Å²) in [6, 6.07) is 15.2. The van der Waals surface area contributed by atoms with E-state index >= 15 is 0 Å². The van der Waals surface area contributed by atoms with Crippen molar-refractivity contribution >= 4 is 48.4 Å². The standard InChI is InChI=1S/C23H23BrN2O5S/c1-23(2,28)14-31-17-8-10-21-20(12-17)25(3)22(27)26(32(21,29)30)13-15-7-9-18-16(11-15)5-4-6-19(18)24/h4-12,28H,13-14H2,1-3H3. The Bertz CT molecular complexity index is 1320. The Morgan fingerprint density at radius 2 is 1.84 bits per heavy atom. The van der Waals surface area contributed by atoms with Gasteiger partial charge in [-0.3, -0.25) is 4.90 Å². The minimum atomic E-state index is -4.06. The first-order valence-corrected chi connectivity index (χ1v) is 12.2. The van der Waals surface area contributed by atoms with E-state index in [1.165, 1.54) is 30.1 Å². The Kier molecular flexibility index (Phi) is 5.68. The topological polar surface area (TPSA) is 87.2 Å². The molecule has 1 aliphatic heterocycles. The van der Waals surface area contributed by atoms with Gasteiger partial charge in [-0.05, 0) is 54.4 Å². The number of hydrogen-bond donors (Lipinski definition) is 1. The lowest BCUT2D eigenvalue weighted by atomic mass is 10.1. The molecule has 3 aromatic carbocycles. The summed E-state index contributed by atoms with van der Waals surface area (Å²) in [5, 5.41) is 11.8. The van der Waals surface area contributed by atoms with E-state index in [2.05, 4.69) is 15.9 Å². The summed E-state index contributed by atoms with van der Waals surface area (Å²) in [5.74, 6) is 0.370. The molecule has 0 aliphatic carbocycles. The monoisotopic (exact) mass is 518 g/mol. The zero-order valence-electron chi connectivity index (χ0n) is 17.9. The number of urea groups is 1. The van der Waals surface area contributed by atoms with Crippen LogP contribution in [0.15, 0.2) is 64.0 Å². The average Bonchev–Trinajstić information content (AvgIpc) is 2.73. The quantitative estimate of drug-likeness (QED) is 0.536. The molecule has 9 heteroatoms. The Morgan fingerprint density at radius 3 is 2.56 bits per heavy atom. The van der Waals surface area contributed by atoms with Crippen LogP contribution in [-0.4, -0.2) is 43.1 Å². The van der Waals surface area contributed by atoms with Gasteiger partial charge < -0.3 is 9.84 Å². The van der Waals surface area contributed by atoms with E-state index in [0.717, 1.165) is 19.6 Å². The molecule has 0 fully saturated rings. The summed E-state index contributed by atoms with van der Waals surface area (Å²) < 4.78 is 34.0. The van der Waals surface area contributed by atoms with Crippen LogP contribution in [0.5, 0.6) is 5.75 Å². The average molecular weight is 519 g/mol. The SMILES string of the molecule is CN1C(=O)N(Cc2ccc3c(Br)cccc3c2)S(=O)(=O)c2ccc(OCC(C)(C)O)cc21. The molecule has 0 saturated carbocycles. The number of amides is 2. The first kappa shape index (κ1) is 22.6. The van der Waals surface area contributed by atoms with E-state index in [1.54, 1.807) is 13.8 Å². The maximum atomic E-state index is 13.3. The number of anilines is 1.